The summed E-state index contributed by atoms with van der Waals surface area (Å²) in [7, 11) is -2.35. The van der Waals surface area contributed by atoms with Crippen LogP contribution in [-0.2, 0) is 26.0 Å². The minimum Gasteiger partial charge on any atom is -0.352 e. The lowest BCUT2D eigenvalue weighted by Gasteiger charge is -2.32. The summed E-state index contributed by atoms with van der Waals surface area (Å²) in [6.07, 6.45) is 11.4. The maximum Gasteiger partial charge on any atom is 0.243 e. The molecule has 182 valence electrons. The van der Waals surface area contributed by atoms with Crippen molar-refractivity contribution in [2.24, 2.45) is 5.92 Å². The maximum atomic E-state index is 13.2. The molecule has 2 fully saturated rings. The van der Waals surface area contributed by atoms with E-state index in [0.29, 0.717) is 6.42 Å². The molecular formula is C25H37N3O4S. The lowest BCUT2D eigenvalue weighted by Crippen LogP contribution is -2.43. The molecule has 0 bridgehead atoms. The summed E-state index contributed by atoms with van der Waals surface area (Å²) in [5.74, 6) is 0.00843. The molecule has 0 aromatic heterocycles. The van der Waals surface area contributed by atoms with E-state index in [9.17, 15) is 18.0 Å². The van der Waals surface area contributed by atoms with E-state index in [0.717, 1.165) is 60.5 Å². The lowest BCUT2D eigenvalue weighted by atomic mass is 9.84. The van der Waals surface area contributed by atoms with E-state index in [-0.39, 0.29) is 41.3 Å². The van der Waals surface area contributed by atoms with E-state index in [1.807, 2.05) is 11.8 Å². The molecule has 1 N–H and O–H groups in total. The molecule has 1 aromatic rings. The molecule has 7 nitrogen and oxygen atoms in total. The average Bonchev–Trinajstić information content (AvgIpc) is 3.03. The van der Waals surface area contributed by atoms with Crippen molar-refractivity contribution in [1.29, 1.82) is 0 Å². The zero-order chi connectivity index (χ0) is 23.6. The number of carbonyl (C=O) groups is 2. The second-order valence-electron chi connectivity index (χ2n) is 10.1. The first-order chi connectivity index (χ1) is 15.8. The highest BCUT2D eigenvalue weighted by Crippen LogP contribution is 2.38. The van der Waals surface area contributed by atoms with Crippen molar-refractivity contribution in [3.63, 3.8) is 0 Å². The zero-order valence-corrected chi connectivity index (χ0v) is 20.7. The van der Waals surface area contributed by atoms with Crippen LogP contribution in [0.3, 0.4) is 0 Å². The monoisotopic (exact) mass is 475 g/mol. The van der Waals surface area contributed by atoms with Gasteiger partial charge in [-0.15, -0.1) is 0 Å². The minimum atomic E-state index is -3.81. The topological polar surface area (TPSA) is 86.8 Å². The van der Waals surface area contributed by atoms with Crippen LogP contribution in [0.25, 0.3) is 0 Å². The van der Waals surface area contributed by atoms with Crippen LogP contribution in [0.1, 0.15) is 76.7 Å². The van der Waals surface area contributed by atoms with E-state index < -0.39 is 10.0 Å². The van der Waals surface area contributed by atoms with Crippen LogP contribution in [0.5, 0.6) is 0 Å². The number of sulfonamides is 1. The normalized spacial score (nSPS) is 22.4. The molecule has 0 unspecified atom stereocenters. The number of carbonyl (C=O) groups excluding carboxylic acids is 2. The number of rotatable bonds is 6. The Bertz CT molecular complexity index is 981. The molecule has 3 aliphatic rings. The fourth-order valence-corrected chi connectivity index (χ4v) is 6.47. The van der Waals surface area contributed by atoms with Crippen molar-refractivity contribution < 1.29 is 18.0 Å². The third kappa shape index (κ3) is 5.27. The summed E-state index contributed by atoms with van der Waals surface area (Å²) in [6, 6.07) is 5.16. The van der Waals surface area contributed by atoms with Gasteiger partial charge in [0.2, 0.25) is 21.8 Å². The number of nitrogens with one attached hydrogen (secondary N) is 1. The quantitative estimate of drug-likeness (QED) is 0.681. The van der Waals surface area contributed by atoms with Gasteiger partial charge in [-0.2, -0.15) is 4.31 Å². The smallest absolute Gasteiger partial charge is 0.243 e. The molecule has 4 rings (SSSR count). The summed E-state index contributed by atoms with van der Waals surface area (Å²) in [5, 5.41) is 3.04. The Hall–Kier alpha value is -1.93. The summed E-state index contributed by atoms with van der Waals surface area (Å²) in [6.45, 7) is 1.81. The number of hydrogen-bond acceptors (Lipinski definition) is 4. The van der Waals surface area contributed by atoms with Crippen LogP contribution in [0.2, 0.25) is 0 Å². The van der Waals surface area contributed by atoms with Crippen molar-refractivity contribution in [3.05, 3.63) is 23.8 Å². The molecular weight excluding hydrogens is 438 g/mol. The highest BCUT2D eigenvalue weighted by Gasteiger charge is 2.37. The molecule has 1 heterocycles. The third-order valence-corrected chi connectivity index (χ3v) is 9.30. The molecule has 1 aliphatic heterocycles. The van der Waals surface area contributed by atoms with Gasteiger partial charge in [-0.25, -0.2) is 8.42 Å². The Morgan fingerprint density at radius 3 is 2.33 bits per heavy atom. The molecule has 0 spiro atoms. The largest absolute Gasteiger partial charge is 0.352 e. The molecule has 33 heavy (non-hydrogen) atoms. The van der Waals surface area contributed by atoms with E-state index in [1.54, 1.807) is 18.2 Å². The molecule has 2 amide bonds. The minimum absolute atomic E-state index is 0.0262. The van der Waals surface area contributed by atoms with Crippen LogP contribution in [0.4, 0.5) is 5.69 Å². The van der Waals surface area contributed by atoms with Gasteiger partial charge in [0, 0.05) is 30.7 Å². The number of hydrogen-bond donors (Lipinski definition) is 1. The average molecular weight is 476 g/mol. The second-order valence-corrected chi connectivity index (χ2v) is 12.1. The fraction of sp³-hybridized carbons (Fsp3) is 0.680. The van der Waals surface area contributed by atoms with Gasteiger partial charge in [-0.1, -0.05) is 38.5 Å². The number of amides is 2. The molecule has 1 aromatic carbocycles. The van der Waals surface area contributed by atoms with E-state index in [2.05, 4.69) is 5.32 Å². The number of benzene rings is 1. The Balaban J connectivity index is 1.42. The highest BCUT2D eigenvalue weighted by atomic mass is 32.2. The van der Waals surface area contributed by atoms with Crippen molar-refractivity contribution >= 4 is 27.5 Å². The lowest BCUT2D eigenvalue weighted by molar-refractivity contribution is -0.125. The Morgan fingerprint density at radius 1 is 1.03 bits per heavy atom. The standard InChI is InChI=1S/C25H37N3O4S/c1-18-15-20-16-22(13-14-23(20)28(18)25(30)19-9-8-10-19)33(31,32)27(2)17-24(29)26-21-11-6-4-3-5-7-12-21/h13-14,16,18-19,21H,3-12,15,17H2,1-2H3,(H,26,29)/t18-/m1/s1. The first kappa shape index (κ1) is 24.2. The summed E-state index contributed by atoms with van der Waals surface area (Å²) in [5.41, 5.74) is 1.70. The maximum absolute atomic E-state index is 13.2. The number of fused-ring (bicyclic) bond motifs is 1. The fourth-order valence-electron chi connectivity index (χ4n) is 5.30. The molecule has 1 atom stereocenters. The van der Waals surface area contributed by atoms with Crippen LogP contribution in [0.15, 0.2) is 23.1 Å². The van der Waals surface area contributed by atoms with Crippen LogP contribution in [-0.4, -0.2) is 50.2 Å². The highest BCUT2D eigenvalue weighted by molar-refractivity contribution is 7.89. The van der Waals surface area contributed by atoms with Gasteiger partial charge in [0.1, 0.15) is 0 Å². The van der Waals surface area contributed by atoms with Gasteiger partial charge in [0.25, 0.3) is 0 Å². The summed E-state index contributed by atoms with van der Waals surface area (Å²) < 4.78 is 27.5. The van der Waals surface area contributed by atoms with Gasteiger partial charge < -0.3 is 10.2 Å². The van der Waals surface area contributed by atoms with E-state index >= 15 is 0 Å². The van der Waals surface area contributed by atoms with Crippen LogP contribution in [0, 0.1) is 5.92 Å². The molecule has 2 saturated carbocycles. The Morgan fingerprint density at radius 2 is 1.70 bits per heavy atom. The van der Waals surface area contributed by atoms with E-state index in [4.69, 9.17) is 0 Å². The van der Waals surface area contributed by atoms with Crippen molar-refractivity contribution in [2.45, 2.75) is 94.5 Å². The number of anilines is 1. The molecule has 2 aliphatic carbocycles. The Labute approximate surface area is 198 Å². The first-order valence-corrected chi connectivity index (χ1v) is 13.9. The van der Waals surface area contributed by atoms with Gasteiger partial charge in [0.05, 0.1) is 11.4 Å². The first-order valence-electron chi connectivity index (χ1n) is 12.5. The molecule has 0 radical (unpaired) electrons. The van der Waals surface area contributed by atoms with E-state index in [1.165, 1.54) is 26.3 Å². The Kier molecular flexibility index (Phi) is 7.43. The van der Waals surface area contributed by atoms with Gasteiger partial charge in [0.15, 0.2) is 0 Å². The van der Waals surface area contributed by atoms with Gasteiger partial charge >= 0.3 is 0 Å². The van der Waals surface area contributed by atoms with Crippen LogP contribution < -0.4 is 10.2 Å². The number of likely N-dealkylation sites (N-methyl/N-ethyl adjacent to an activating group) is 1. The van der Waals surface area contributed by atoms with Gasteiger partial charge in [-0.3, -0.25) is 9.59 Å². The van der Waals surface area contributed by atoms with Crippen molar-refractivity contribution in [3.8, 4) is 0 Å². The molecule has 0 saturated heterocycles. The second kappa shape index (κ2) is 10.1. The van der Waals surface area contributed by atoms with Crippen LogP contribution >= 0.6 is 0 Å². The predicted molar refractivity (Wildman–Crippen MR) is 129 cm³/mol. The van der Waals surface area contributed by atoms with Crippen molar-refractivity contribution in [1.82, 2.24) is 9.62 Å². The van der Waals surface area contributed by atoms with Gasteiger partial charge in [-0.05, 0) is 62.8 Å². The predicted octanol–water partition coefficient (Wildman–Crippen LogP) is 3.61. The summed E-state index contributed by atoms with van der Waals surface area (Å²) in [4.78, 5) is 27.5. The molecule has 8 heteroatoms. The third-order valence-electron chi connectivity index (χ3n) is 7.50. The zero-order valence-electron chi connectivity index (χ0n) is 19.9. The summed E-state index contributed by atoms with van der Waals surface area (Å²) >= 11 is 0. The SMILES string of the molecule is C[C@@H]1Cc2cc(S(=O)(=O)N(C)CC(=O)NC3CCCCCCC3)ccc2N1C(=O)C1CCC1. The van der Waals surface area contributed by atoms with Crippen molar-refractivity contribution in [2.75, 3.05) is 18.5 Å². The number of nitrogens with zero attached hydrogens (tertiary/aromatic N) is 2.